The summed E-state index contributed by atoms with van der Waals surface area (Å²) < 4.78 is 14.6. The Balaban J connectivity index is 1.55. The molecule has 0 spiro atoms. The standard InChI is InChI=1S/C22H22FN3O2/c23-17-11-9-16(10-12-17)21(15-5-1-2-6-15)25-20(27)13-26-14-24-19-8-4-3-7-18(19)22(26)28/h3-4,7-12,14-15,21H,1-2,5-6,13H2,(H,25,27). The third-order valence-electron chi connectivity index (χ3n) is 5.46. The van der Waals surface area contributed by atoms with Gasteiger partial charge in [0.15, 0.2) is 0 Å². The second-order valence-electron chi connectivity index (χ2n) is 7.34. The third kappa shape index (κ3) is 3.81. The Morgan fingerprint density at radius 3 is 2.61 bits per heavy atom. The summed E-state index contributed by atoms with van der Waals surface area (Å²) in [6.07, 6.45) is 5.73. The Bertz CT molecular complexity index is 1040. The van der Waals surface area contributed by atoms with Crippen LogP contribution in [-0.4, -0.2) is 15.5 Å². The van der Waals surface area contributed by atoms with E-state index in [1.807, 2.05) is 6.07 Å². The zero-order valence-electron chi connectivity index (χ0n) is 15.5. The Morgan fingerprint density at radius 2 is 1.86 bits per heavy atom. The number of benzene rings is 2. The number of carbonyl (C=O) groups excluding carboxylic acids is 1. The second kappa shape index (κ2) is 7.92. The van der Waals surface area contributed by atoms with Gasteiger partial charge in [-0.1, -0.05) is 37.1 Å². The first-order chi connectivity index (χ1) is 13.6. The normalized spacial score (nSPS) is 15.6. The fraction of sp³-hybridized carbons (Fsp3) is 0.318. The van der Waals surface area contributed by atoms with E-state index in [-0.39, 0.29) is 29.9 Å². The highest BCUT2D eigenvalue weighted by atomic mass is 19.1. The molecule has 1 saturated carbocycles. The molecule has 1 N–H and O–H groups in total. The lowest BCUT2D eigenvalue weighted by atomic mass is 9.91. The van der Waals surface area contributed by atoms with Gasteiger partial charge in [-0.3, -0.25) is 14.2 Å². The first-order valence-electron chi connectivity index (χ1n) is 9.61. The molecule has 1 fully saturated rings. The van der Waals surface area contributed by atoms with E-state index in [4.69, 9.17) is 0 Å². The highest BCUT2D eigenvalue weighted by Crippen LogP contribution is 2.35. The second-order valence-corrected chi connectivity index (χ2v) is 7.34. The number of hydrogen-bond acceptors (Lipinski definition) is 3. The molecule has 0 saturated heterocycles. The molecule has 6 heteroatoms. The number of carbonyl (C=O) groups is 1. The summed E-state index contributed by atoms with van der Waals surface area (Å²) in [6, 6.07) is 13.2. The number of para-hydroxylation sites is 1. The molecule has 1 aromatic heterocycles. The number of aromatic nitrogens is 2. The van der Waals surface area contributed by atoms with Gasteiger partial charge < -0.3 is 5.32 Å². The summed E-state index contributed by atoms with van der Waals surface area (Å²) in [5.74, 6) is -0.227. The third-order valence-corrected chi connectivity index (χ3v) is 5.46. The molecule has 1 amide bonds. The molecule has 1 aliphatic rings. The topological polar surface area (TPSA) is 64.0 Å². The lowest BCUT2D eigenvalue weighted by Gasteiger charge is -2.25. The van der Waals surface area contributed by atoms with Crippen LogP contribution in [0.15, 0.2) is 59.7 Å². The van der Waals surface area contributed by atoms with Crippen molar-refractivity contribution >= 4 is 16.8 Å². The van der Waals surface area contributed by atoms with Crippen LogP contribution in [0.4, 0.5) is 4.39 Å². The number of nitrogens with zero attached hydrogens (tertiary/aromatic N) is 2. The quantitative estimate of drug-likeness (QED) is 0.737. The van der Waals surface area contributed by atoms with Gasteiger partial charge >= 0.3 is 0 Å². The maximum atomic E-state index is 13.3. The van der Waals surface area contributed by atoms with E-state index >= 15 is 0 Å². The summed E-state index contributed by atoms with van der Waals surface area (Å²) in [5, 5.41) is 3.56. The number of rotatable bonds is 5. The van der Waals surface area contributed by atoms with Gasteiger partial charge in [0.25, 0.3) is 5.56 Å². The van der Waals surface area contributed by atoms with Crippen LogP contribution < -0.4 is 10.9 Å². The van der Waals surface area contributed by atoms with Crippen molar-refractivity contribution in [2.75, 3.05) is 0 Å². The van der Waals surface area contributed by atoms with Crippen molar-refractivity contribution in [3.63, 3.8) is 0 Å². The molecule has 0 aliphatic heterocycles. The van der Waals surface area contributed by atoms with E-state index in [0.717, 1.165) is 31.2 Å². The van der Waals surface area contributed by atoms with Gasteiger partial charge in [0.2, 0.25) is 5.91 Å². The average Bonchev–Trinajstić information content (AvgIpc) is 3.24. The number of fused-ring (bicyclic) bond motifs is 1. The van der Waals surface area contributed by atoms with Gasteiger partial charge in [0.05, 0.1) is 23.3 Å². The molecule has 5 nitrogen and oxygen atoms in total. The Morgan fingerprint density at radius 1 is 1.14 bits per heavy atom. The summed E-state index contributed by atoms with van der Waals surface area (Å²) in [7, 11) is 0. The molecule has 4 rings (SSSR count). The van der Waals surface area contributed by atoms with Crippen molar-refractivity contribution in [1.29, 1.82) is 0 Å². The summed E-state index contributed by atoms with van der Waals surface area (Å²) >= 11 is 0. The van der Waals surface area contributed by atoms with Crippen LogP contribution >= 0.6 is 0 Å². The number of nitrogens with one attached hydrogen (secondary N) is 1. The molecule has 1 heterocycles. The van der Waals surface area contributed by atoms with Crippen LogP contribution in [0.25, 0.3) is 10.9 Å². The van der Waals surface area contributed by atoms with E-state index in [1.54, 1.807) is 30.3 Å². The van der Waals surface area contributed by atoms with Crippen LogP contribution in [0.5, 0.6) is 0 Å². The fourth-order valence-electron chi connectivity index (χ4n) is 4.03. The SMILES string of the molecule is O=C(Cn1cnc2ccccc2c1=O)NC(c1ccc(F)cc1)C1CCCC1. The van der Waals surface area contributed by atoms with Crippen molar-refractivity contribution in [2.24, 2.45) is 5.92 Å². The zero-order chi connectivity index (χ0) is 19.5. The largest absolute Gasteiger partial charge is 0.347 e. The Labute approximate surface area is 162 Å². The lowest BCUT2D eigenvalue weighted by molar-refractivity contribution is -0.122. The van der Waals surface area contributed by atoms with Gasteiger partial charge in [0.1, 0.15) is 12.4 Å². The predicted octanol–water partition coefficient (Wildman–Crippen LogP) is 3.58. The molecule has 2 aromatic carbocycles. The molecule has 0 bridgehead atoms. The minimum atomic E-state index is -0.297. The minimum absolute atomic E-state index is 0.0961. The molecule has 1 aliphatic carbocycles. The highest BCUT2D eigenvalue weighted by Gasteiger charge is 2.28. The first kappa shape index (κ1) is 18.3. The molecular formula is C22H22FN3O2. The van der Waals surface area contributed by atoms with Crippen molar-refractivity contribution < 1.29 is 9.18 Å². The van der Waals surface area contributed by atoms with Crippen molar-refractivity contribution in [2.45, 2.75) is 38.3 Å². The van der Waals surface area contributed by atoms with Gasteiger partial charge in [-0.15, -0.1) is 0 Å². The Hall–Kier alpha value is -3.02. The highest BCUT2D eigenvalue weighted by molar-refractivity contribution is 5.79. The van der Waals surface area contributed by atoms with Crippen molar-refractivity contribution in [1.82, 2.24) is 14.9 Å². The molecular weight excluding hydrogens is 357 g/mol. The van der Waals surface area contributed by atoms with Gasteiger partial charge in [-0.25, -0.2) is 9.37 Å². The van der Waals surface area contributed by atoms with Crippen LogP contribution in [0.3, 0.4) is 0 Å². The zero-order valence-corrected chi connectivity index (χ0v) is 15.5. The molecule has 3 aromatic rings. The minimum Gasteiger partial charge on any atom is -0.347 e. The van der Waals surface area contributed by atoms with Crippen molar-refractivity contribution in [3.05, 3.63) is 76.6 Å². The van der Waals surface area contributed by atoms with E-state index in [1.165, 1.54) is 23.0 Å². The van der Waals surface area contributed by atoms with E-state index in [2.05, 4.69) is 10.3 Å². The number of amides is 1. The van der Waals surface area contributed by atoms with Crippen LogP contribution in [-0.2, 0) is 11.3 Å². The van der Waals surface area contributed by atoms with Gasteiger partial charge in [-0.05, 0) is 48.6 Å². The number of halogens is 1. The van der Waals surface area contributed by atoms with E-state index in [0.29, 0.717) is 16.8 Å². The maximum Gasteiger partial charge on any atom is 0.261 e. The van der Waals surface area contributed by atoms with E-state index < -0.39 is 0 Å². The molecule has 144 valence electrons. The molecule has 28 heavy (non-hydrogen) atoms. The van der Waals surface area contributed by atoms with Crippen LogP contribution in [0.1, 0.15) is 37.3 Å². The van der Waals surface area contributed by atoms with Gasteiger partial charge in [-0.2, -0.15) is 0 Å². The van der Waals surface area contributed by atoms with Crippen LogP contribution in [0.2, 0.25) is 0 Å². The fourth-order valence-corrected chi connectivity index (χ4v) is 4.03. The average molecular weight is 379 g/mol. The number of hydrogen-bond donors (Lipinski definition) is 1. The summed E-state index contributed by atoms with van der Waals surface area (Å²) in [4.78, 5) is 29.6. The molecule has 1 atom stereocenters. The first-order valence-corrected chi connectivity index (χ1v) is 9.61. The van der Waals surface area contributed by atoms with E-state index in [9.17, 15) is 14.0 Å². The van der Waals surface area contributed by atoms with Crippen LogP contribution in [0, 0.1) is 11.7 Å². The lowest BCUT2D eigenvalue weighted by Crippen LogP contribution is -2.37. The molecule has 0 radical (unpaired) electrons. The van der Waals surface area contributed by atoms with Gasteiger partial charge in [0, 0.05) is 0 Å². The molecule has 1 unspecified atom stereocenters. The Kier molecular flexibility index (Phi) is 5.19. The maximum absolute atomic E-state index is 13.3. The van der Waals surface area contributed by atoms with Crippen molar-refractivity contribution in [3.8, 4) is 0 Å². The summed E-state index contributed by atoms with van der Waals surface area (Å²) in [5.41, 5.74) is 1.27. The summed E-state index contributed by atoms with van der Waals surface area (Å²) in [6.45, 7) is -0.0961. The monoisotopic (exact) mass is 379 g/mol. The predicted molar refractivity (Wildman–Crippen MR) is 105 cm³/mol. The smallest absolute Gasteiger partial charge is 0.261 e.